The first-order valence-corrected chi connectivity index (χ1v) is 8.56. The van der Waals surface area contributed by atoms with Crippen LogP contribution in [0.4, 0.5) is 5.82 Å². The van der Waals surface area contributed by atoms with E-state index in [2.05, 4.69) is 30.9 Å². The highest BCUT2D eigenvalue weighted by molar-refractivity contribution is 5.92. The van der Waals surface area contributed by atoms with Gasteiger partial charge in [-0.25, -0.2) is 14.6 Å². The van der Waals surface area contributed by atoms with Crippen molar-refractivity contribution in [3.05, 3.63) is 60.5 Å². The topological polar surface area (TPSA) is 124 Å². The average molecular weight is 379 g/mol. The number of hydrogen-bond donors (Lipinski definition) is 2. The highest BCUT2D eigenvalue weighted by atomic mass is 16.5. The van der Waals surface area contributed by atoms with E-state index in [4.69, 9.17) is 8.94 Å². The normalized spacial score (nSPS) is 10.8. The molecule has 0 aliphatic carbocycles. The number of carbonyl (C=O) groups is 1. The number of carbonyl (C=O) groups excluding carboxylic acids is 1. The minimum Gasteiger partial charge on any atom is -0.461 e. The van der Waals surface area contributed by atoms with Gasteiger partial charge in [-0.05, 0) is 25.1 Å². The molecule has 28 heavy (non-hydrogen) atoms. The van der Waals surface area contributed by atoms with E-state index in [-0.39, 0.29) is 11.6 Å². The second kappa shape index (κ2) is 7.74. The number of hydrogen-bond acceptors (Lipinski definition) is 8. The summed E-state index contributed by atoms with van der Waals surface area (Å²) in [5.41, 5.74) is 1.09. The molecule has 0 unspecified atom stereocenters. The minimum absolute atomic E-state index is 0.185. The predicted molar refractivity (Wildman–Crippen MR) is 98.9 cm³/mol. The van der Waals surface area contributed by atoms with Crippen LogP contribution < -0.4 is 10.6 Å². The summed E-state index contributed by atoms with van der Waals surface area (Å²) in [7, 11) is 0. The molecule has 4 heterocycles. The number of aryl methyl sites for hydroxylation is 1. The first kappa shape index (κ1) is 17.5. The van der Waals surface area contributed by atoms with Crippen molar-refractivity contribution in [3.63, 3.8) is 0 Å². The zero-order chi connectivity index (χ0) is 19.3. The van der Waals surface area contributed by atoms with E-state index in [1.54, 1.807) is 22.9 Å². The number of aromatic nitrogens is 5. The average Bonchev–Trinajstić information content (AvgIpc) is 3.46. The molecule has 10 heteroatoms. The maximum Gasteiger partial charge on any atom is 0.273 e. The Morgan fingerprint density at radius 3 is 2.89 bits per heavy atom. The van der Waals surface area contributed by atoms with Gasteiger partial charge in [-0.1, -0.05) is 5.16 Å². The molecule has 0 spiro atoms. The first-order valence-electron chi connectivity index (χ1n) is 8.56. The molecule has 142 valence electrons. The van der Waals surface area contributed by atoms with Crippen molar-refractivity contribution in [2.24, 2.45) is 0 Å². The number of rotatable bonds is 7. The number of amides is 1. The quantitative estimate of drug-likeness (QED) is 0.468. The molecule has 4 rings (SSSR count). The fourth-order valence-electron chi connectivity index (χ4n) is 2.49. The van der Waals surface area contributed by atoms with Gasteiger partial charge in [0.05, 0.1) is 12.0 Å². The molecular weight excluding hydrogens is 362 g/mol. The Morgan fingerprint density at radius 1 is 1.18 bits per heavy atom. The molecule has 0 atom stereocenters. The fourth-order valence-corrected chi connectivity index (χ4v) is 2.49. The molecule has 1 amide bonds. The summed E-state index contributed by atoms with van der Waals surface area (Å²) < 4.78 is 12.0. The van der Waals surface area contributed by atoms with E-state index in [0.717, 1.165) is 5.69 Å². The van der Waals surface area contributed by atoms with Crippen molar-refractivity contribution in [1.82, 2.24) is 30.2 Å². The number of nitrogens with zero attached hydrogens (tertiary/aromatic N) is 5. The van der Waals surface area contributed by atoms with Crippen molar-refractivity contribution in [2.75, 3.05) is 18.4 Å². The van der Waals surface area contributed by atoms with Crippen LogP contribution in [0.25, 0.3) is 17.3 Å². The lowest BCUT2D eigenvalue weighted by Crippen LogP contribution is -2.29. The van der Waals surface area contributed by atoms with Gasteiger partial charge in [0.1, 0.15) is 12.1 Å². The first-order chi connectivity index (χ1) is 13.7. The molecular formula is C18H17N7O3. The molecule has 0 aromatic carbocycles. The van der Waals surface area contributed by atoms with Crippen LogP contribution in [0.1, 0.15) is 16.2 Å². The lowest BCUT2D eigenvalue weighted by molar-refractivity contribution is 0.0946. The van der Waals surface area contributed by atoms with Crippen LogP contribution >= 0.6 is 0 Å². The van der Waals surface area contributed by atoms with Crippen LogP contribution in [0.3, 0.4) is 0 Å². The predicted octanol–water partition coefficient (Wildman–Crippen LogP) is 2.06. The molecule has 0 aliphatic heterocycles. The van der Waals surface area contributed by atoms with E-state index in [9.17, 15) is 4.79 Å². The van der Waals surface area contributed by atoms with Gasteiger partial charge < -0.3 is 19.6 Å². The summed E-state index contributed by atoms with van der Waals surface area (Å²) >= 11 is 0. The van der Waals surface area contributed by atoms with Gasteiger partial charge in [0.15, 0.2) is 17.3 Å². The summed E-state index contributed by atoms with van der Waals surface area (Å²) in [6, 6.07) is 8.67. The van der Waals surface area contributed by atoms with Crippen LogP contribution in [-0.4, -0.2) is 43.9 Å². The van der Waals surface area contributed by atoms with E-state index >= 15 is 0 Å². The summed E-state index contributed by atoms with van der Waals surface area (Å²) in [6.07, 6.45) is 4.81. The lowest BCUT2D eigenvalue weighted by Gasteiger charge is -2.07. The van der Waals surface area contributed by atoms with Crippen molar-refractivity contribution in [1.29, 1.82) is 0 Å². The highest BCUT2D eigenvalue weighted by Gasteiger charge is 2.14. The Labute approximate surface area is 159 Å². The zero-order valence-corrected chi connectivity index (χ0v) is 15.0. The second-order valence-electron chi connectivity index (χ2n) is 5.90. The molecule has 0 saturated heterocycles. The molecule has 4 aromatic heterocycles. The van der Waals surface area contributed by atoms with Crippen LogP contribution in [0.15, 0.2) is 58.1 Å². The van der Waals surface area contributed by atoms with Gasteiger partial charge in [-0.15, -0.1) is 0 Å². The van der Waals surface area contributed by atoms with Gasteiger partial charge in [0.2, 0.25) is 5.76 Å². The van der Waals surface area contributed by atoms with Gasteiger partial charge in [0.25, 0.3) is 5.91 Å². The summed E-state index contributed by atoms with van der Waals surface area (Å²) in [5, 5.41) is 14.0. The fraction of sp³-hybridized carbons (Fsp3) is 0.167. The third kappa shape index (κ3) is 3.90. The van der Waals surface area contributed by atoms with Gasteiger partial charge >= 0.3 is 0 Å². The molecule has 10 nitrogen and oxygen atoms in total. The largest absolute Gasteiger partial charge is 0.461 e. The highest BCUT2D eigenvalue weighted by Crippen LogP contribution is 2.20. The molecule has 0 fully saturated rings. The van der Waals surface area contributed by atoms with Crippen molar-refractivity contribution in [3.8, 4) is 17.3 Å². The monoisotopic (exact) mass is 379 g/mol. The Morgan fingerprint density at radius 2 is 2.11 bits per heavy atom. The molecule has 4 aromatic rings. The Balaban J connectivity index is 1.28. The van der Waals surface area contributed by atoms with E-state index < -0.39 is 0 Å². The third-order valence-electron chi connectivity index (χ3n) is 3.83. The van der Waals surface area contributed by atoms with Crippen LogP contribution in [0, 0.1) is 6.92 Å². The maximum absolute atomic E-state index is 12.2. The van der Waals surface area contributed by atoms with Gasteiger partial charge in [-0.3, -0.25) is 4.79 Å². The minimum atomic E-state index is -0.334. The molecule has 0 aliphatic rings. The van der Waals surface area contributed by atoms with E-state index in [0.29, 0.717) is 36.2 Å². The van der Waals surface area contributed by atoms with E-state index in [1.165, 1.54) is 18.7 Å². The third-order valence-corrected chi connectivity index (χ3v) is 3.83. The molecule has 0 radical (unpaired) electrons. The summed E-state index contributed by atoms with van der Waals surface area (Å²) in [6.45, 7) is 2.76. The molecule has 0 bridgehead atoms. The van der Waals surface area contributed by atoms with Crippen molar-refractivity contribution >= 4 is 11.7 Å². The lowest BCUT2D eigenvalue weighted by atomic mass is 10.3. The number of anilines is 1. The zero-order valence-electron chi connectivity index (χ0n) is 15.0. The second-order valence-corrected chi connectivity index (χ2v) is 5.90. The Kier molecular flexibility index (Phi) is 4.83. The van der Waals surface area contributed by atoms with Gasteiger partial charge in [-0.2, -0.15) is 5.10 Å². The summed E-state index contributed by atoms with van der Waals surface area (Å²) in [4.78, 5) is 20.5. The van der Waals surface area contributed by atoms with Crippen molar-refractivity contribution < 1.29 is 13.7 Å². The summed E-state index contributed by atoms with van der Waals surface area (Å²) in [5.74, 6) is 1.87. The SMILES string of the molecule is Cc1ccn(-c2cc(NCCNC(=O)c3cc(-c4ccco4)on3)ncn2)n1. The standard InChI is InChI=1S/C18H17N7O3/c1-12-4-7-25(23-12)17-10-16(21-11-22-17)19-5-6-20-18(26)13-9-15(28-24-13)14-3-2-8-27-14/h2-4,7-11H,5-6H2,1H3,(H,20,26)(H,19,21,22). The molecule has 2 N–H and O–H groups in total. The number of furan rings is 1. The maximum atomic E-state index is 12.2. The van der Waals surface area contributed by atoms with Gasteiger partial charge in [0, 0.05) is 31.4 Å². The van der Waals surface area contributed by atoms with E-state index in [1.807, 2.05) is 19.2 Å². The molecule has 0 saturated carbocycles. The Hall–Kier alpha value is -3.95. The van der Waals surface area contributed by atoms with Crippen molar-refractivity contribution in [2.45, 2.75) is 6.92 Å². The van der Waals surface area contributed by atoms with Crippen LogP contribution in [-0.2, 0) is 0 Å². The number of nitrogens with one attached hydrogen (secondary N) is 2. The Bertz CT molecular complexity index is 1070. The smallest absolute Gasteiger partial charge is 0.273 e. The van der Waals surface area contributed by atoms with Crippen LogP contribution in [0.5, 0.6) is 0 Å². The van der Waals surface area contributed by atoms with Crippen LogP contribution in [0.2, 0.25) is 0 Å².